The summed E-state index contributed by atoms with van der Waals surface area (Å²) in [6, 6.07) is 13.4. The molecule has 3 aliphatic rings. The lowest BCUT2D eigenvalue weighted by molar-refractivity contribution is -0.133. The molecule has 1 amide bonds. The highest BCUT2D eigenvalue weighted by atomic mass is 16.2. The van der Waals surface area contributed by atoms with Crippen molar-refractivity contribution in [2.75, 3.05) is 31.1 Å². The van der Waals surface area contributed by atoms with Gasteiger partial charge in [0.2, 0.25) is 5.91 Å². The third kappa shape index (κ3) is 4.23. The van der Waals surface area contributed by atoms with E-state index in [1.165, 1.54) is 42.5 Å². The summed E-state index contributed by atoms with van der Waals surface area (Å²) in [6.07, 6.45) is 12.0. The molecule has 2 aliphatic heterocycles. The second-order valence-electron chi connectivity index (χ2n) is 9.49. The Kier molecular flexibility index (Phi) is 5.74. The molecule has 2 saturated heterocycles. The smallest absolute Gasteiger partial charge is 0.222 e. The monoisotopic (exact) mass is 403 g/mol. The first kappa shape index (κ1) is 19.6. The van der Waals surface area contributed by atoms with Gasteiger partial charge >= 0.3 is 0 Å². The molecule has 3 fully saturated rings. The quantitative estimate of drug-likeness (QED) is 0.707. The van der Waals surface area contributed by atoms with E-state index in [1.54, 1.807) is 0 Å². The van der Waals surface area contributed by atoms with E-state index < -0.39 is 0 Å². The van der Waals surface area contributed by atoms with E-state index in [4.69, 9.17) is 0 Å². The van der Waals surface area contributed by atoms with Crippen LogP contribution in [0.25, 0.3) is 0 Å². The molecule has 1 aliphatic carbocycles. The van der Waals surface area contributed by atoms with Gasteiger partial charge in [-0.25, -0.2) is 0 Å². The summed E-state index contributed by atoms with van der Waals surface area (Å²) in [4.78, 5) is 21.4. The number of rotatable bonds is 5. The molecule has 30 heavy (non-hydrogen) atoms. The van der Waals surface area contributed by atoms with Crippen LogP contribution in [0.5, 0.6) is 0 Å². The zero-order valence-corrected chi connectivity index (χ0v) is 17.9. The molecule has 1 saturated carbocycles. The predicted molar refractivity (Wildman–Crippen MR) is 121 cm³/mol. The molecule has 4 nitrogen and oxygen atoms in total. The number of aromatic nitrogens is 1. The molecule has 0 N–H and O–H groups in total. The Morgan fingerprint density at radius 1 is 0.900 bits per heavy atom. The Morgan fingerprint density at radius 3 is 2.30 bits per heavy atom. The molecule has 5 rings (SSSR count). The van der Waals surface area contributed by atoms with E-state index in [0.717, 1.165) is 45.4 Å². The summed E-state index contributed by atoms with van der Waals surface area (Å²) >= 11 is 0. The van der Waals surface area contributed by atoms with Crippen molar-refractivity contribution < 1.29 is 4.79 Å². The molecular formula is C26H33N3O. The van der Waals surface area contributed by atoms with Gasteiger partial charge in [-0.1, -0.05) is 31.0 Å². The lowest BCUT2D eigenvalue weighted by Gasteiger charge is -2.41. The number of hydrogen-bond acceptors (Lipinski definition) is 3. The molecular weight excluding hydrogens is 370 g/mol. The lowest BCUT2D eigenvalue weighted by atomic mass is 9.88. The maximum absolute atomic E-state index is 12.6. The van der Waals surface area contributed by atoms with Crippen LogP contribution in [0.4, 0.5) is 5.69 Å². The summed E-state index contributed by atoms with van der Waals surface area (Å²) in [5, 5.41) is 0. The van der Waals surface area contributed by atoms with Crippen molar-refractivity contribution in [3.8, 4) is 0 Å². The molecule has 3 heterocycles. The average Bonchev–Trinajstić information content (AvgIpc) is 3.27. The highest BCUT2D eigenvalue weighted by molar-refractivity contribution is 5.76. The highest BCUT2D eigenvalue weighted by Crippen LogP contribution is 2.34. The van der Waals surface area contributed by atoms with Gasteiger partial charge in [-0.3, -0.25) is 9.78 Å². The number of carbonyl (C=O) groups excluding carboxylic acids is 1. The van der Waals surface area contributed by atoms with Gasteiger partial charge in [-0.05, 0) is 66.8 Å². The van der Waals surface area contributed by atoms with E-state index >= 15 is 0 Å². The number of anilines is 1. The van der Waals surface area contributed by atoms with Gasteiger partial charge in [0.1, 0.15) is 0 Å². The van der Waals surface area contributed by atoms with E-state index in [-0.39, 0.29) is 0 Å². The van der Waals surface area contributed by atoms with Crippen molar-refractivity contribution in [2.24, 2.45) is 5.92 Å². The standard InChI is InChI=1S/C26H33N3O/c30-26(16-20-4-1-2-5-20)28-14-11-22(12-15-28)21-7-9-25(10-8-21)29-18-24(19-29)23-6-3-13-27-17-23/h3,6-10,13,17,20,22,24H,1-2,4-5,11-12,14-16,18-19H2. The minimum absolute atomic E-state index is 0.400. The Hall–Kier alpha value is -2.36. The van der Waals surface area contributed by atoms with E-state index in [9.17, 15) is 4.79 Å². The second kappa shape index (κ2) is 8.79. The first-order chi connectivity index (χ1) is 14.8. The van der Waals surface area contributed by atoms with Crippen LogP contribution >= 0.6 is 0 Å². The van der Waals surface area contributed by atoms with E-state index in [1.807, 2.05) is 18.5 Å². The van der Waals surface area contributed by atoms with Gasteiger partial charge in [0.05, 0.1) is 0 Å². The van der Waals surface area contributed by atoms with Crippen LogP contribution in [0.15, 0.2) is 48.8 Å². The molecule has 0 atom stereocenters. The molecule has 0 spiro atoms. The van der Waals surface area contributed by atoms with Gasteiger partial charge in [0.25, 0.3) is 0 Å². The van der Waals surface area contributed by atoms with Crippen LogP contribution in [0.1, 0.15) is 67.9 Å². The van der Waals surface area contributed by atoms with Crippen molar-refractivity contribution in [1.29, 1.82) is 0 Å². The summed E-state index contributed by atoms with van der Waals surface area (Å²) in [5.74, 6) is 2.25. The average molecular weight is 404 g/mol. The van der Waals surface area contributed by atoms with E-state index in [2.05, 4.69) is 45.1 Å². The Labute approximate surface area is 180 Å². The van der Waals surface area contributed by atoms with Crippen LogP contribution in [0.3, 0.4) is 0 Å². The van der Waals surface area contributed by atoms with Crippen LogP contribution in [-0.2, 0) is 4.79 Å². The number of benzene rings is 1. The third-order valence-electron chi connectivity index (χ3n) is 7.55. The summed E-state index contributed by atoms with van der Waals surface area (Å²) in [7, 11) is 0. The number of amides is 1. The number of likely N-dealkylation sites (tertiary alicyclic amines) is 1. The van der Waals surface area contributed by atoms with Crippen LogP contribution < -0.4 is 4.90 Å². The molecule has 158 valence electrons. The minimum Gasteiger partial charge on any atom is -0.370 e. The molecule has 0 bridgehead atoms. The topological polar surface area (TPSA) is 36.4 Å². The molecule has 0 unspecified atom stereocenters. The normalized spacial score (nSPS) is 21.1. The van der Waals surface area contributed by atoms with Crippen molar-refractivity contribution in [3.63, 3.8) is 0 Å². The van der Waals surface area contributed by atoms with Crippen molar-refractivity contribution >= 4 is 11.6 Å². The fourth-order valence-corrected chi connectivity index (χ4v) is 5.53. The predicted octanol–water partition coefficient (Wildman–Crippen LogP) is 4.97. The van der Waals surface area contributed by atoms with Gasteiger partial charge < -0.3 is 9.80 Å². The minimum atomic E-state index is 0.400. The summed E-state index contributed by atoms with van der Waals surface area (Å²) in [5.41, 5.74) is 4.11. The lowest BCUT2D eigenvalue weighted by Crippen LogP contribution is -2.45. The number of hydrogen-bond donors (Lipinski definition) is 0. The fourth-order valence-electron chi connectivity index (χ4n) is 5.53. The van der Waals surface area contributed by atoms with Crippen molar-refractivity contribution in [1.82, 2.24) is 9.88 Å². The van der Waals surface area contributed by atoms with Crippen LogP contribution in [0.2, 0.25) is 0 Å². The molecule has 1 aromatic heterocycles. The van der Waals surface area contributed by atoms with E-state index in [0.29, 0.717) is 23.7 Å². The zero-order chi connectivity index (χ0) is 20.3. The summed E-state index contributed by atoms with van der Waals surface area (Å²) < 4.78 is 0. The van der Waals surface area contributed by atoms with Crippen molar-refractivity contribution in [3.05, 3.63) is 59.9 Å². The van der Waals surface area contributed by atoms with Gasteiger partial charge in [-0.2, -0.15) is 0 Å². The maximum atomic E-state index is 12.6. The largest absolute Gasteiger partial charge is 0.370 e. The number of piperidine rings is 1. The Bertz CT molecular complexity index is 830. The number of carbonyl (C=O) groups is 1. The fraction of sp³-hybridized carbons (Fsp3) is 0.538. The highest BCUT2D eigenvalue weighted by Gasteiger charge is 2.29. The molecule has 4 heteroatoms. The number of nitrogens with zero attached hydrogens (tertiary/aromatic N) is 3. The Morgan fingerprint density at radius 2 is 1.63 bits per heavy atom. The van der Waals surface area contributed by atoms with Crippen LogP contribution in [0, 0.1) is 5.92 Å². The maximum Gasteiger partial charge on any atom is 0.222 e. The molecule has 2 aromatic rings. The third-order valence-corrected chi connectivity index (χ3v) is 7.55. The van der Waals surface area contributed by atoms with Gasteiger partial charge in [0.15, 0.2) is 0 Å². The van der Waals surface area contributed by atoms with Crippen LogP contribution in [-0.4, -0.2) is 42.0 Å². The second-order valence-corrected chi connectivity index (χ2v) is 9.49. The first-order valence-corrected chi connectivity index (χ1v) is 11.8. The Balaban J connectivity index is 1.10. The zero-order valence-electron chi connectivity index (χ0n) is 17.9. The molecule has 1 aromatic carbocycles. The van der Waals surface area contributed by atoms with Gasteiger partial charge in [0, 0.05) is 56.6 Å². The SMILES string of the molecule is O=C(CC1CCCC1)N1CCC(c2ccc(N3CC(c4cccnc4)C3)cc2)CC1. The van der Waals surface area contributed by atoms with Crippen molar-refractivity contribution in [2.45, 2.75) is 56.8 Å². The molecule has 0 radical (unpaired) electrons. The first-order valence-electron chi connectivity index (χ1n) is 11.8. The summed E-state index contributed by atoms with van der Waals surface area (Å²) in [6.45, 7) is 4.01. The number of pyridine rings is 1. The van der Waals surface area contributed by atoms with Gasteiger partial charge in [-0.15, -0.1) is 0 Å².